The third kappa shape index (κ3) is 4.31. The maximum atomic E-state index is 11.3. The Morgan fingerprint density at radius 3 is 2.71 bits per heavy atom. The molecular weight excluding hydrogens is 337 g/mol. The molecule has 0 aliphatic rings. The summed E-state index contributed by atoms with van der Waals surface area (Å²) in [6, 6.07) is 4.02. The number of benzene rings is 1. The molecule has 0 aliphatic heterocycles. The predicted octanol–water partition coefficient (Wildman–Crippen LogP) is 0.956. The van der Waals surface area contributed by atoms with Gasteiger partial charge in [-0.15, -0.1) is 0 Å². The van der Waals surface area contributed by atoms with Crippen LogP contribution in [0.25, 0.3) is 0 Å². The van der Waals surface area contributed by atoms with Crippen molar-refractivity contribution in [2.24, 2.45) is 5.73 Å². The number of aromatic hydroxyl groups is 1. The zero-order chi connectivity index (χ0) is 13.0. The quantitative estimate of drug-likeness (QED) is 0.482. The summed E-state index contributed by atoms with van der Waals surface area (Å²) in [5, 5.41) is 9.33. The molecular formula is C11H12INO4. The van der Waals surface area contributed by atoms with Gasteiger partial charge in [-0.25, -0.2) is 4.79 Å². The maximum Gasteiger partial charge on any atom is 0.330 e. The number of hydrogen-bond acceptors (Lipinski definition) is 5. The minimum atomic E-state index is -0.890. The van der Waals surface area contributed by atoms with Crippen molar-refractivity contribution < 1.29 is 19.4 Å². The average molecular weight is 349 g/mol. The molecule has 0 spiro atoms. The normalized spacial score (nSPS) is 11.9. The van der Waals surface area contributed by atoms with E-state index >= 15 is 0 Å². The maximum absolute atomic E-state index is 11.3. The van der Waals surface area contributed by atoms with E-state index in [4.69, 9.17) is 5.73 Å². The molecule has 5 nitrogen and oxygen atoms in total. The third-order valence-corrected chi connectivity index (χ3v) is 2.88. The third-order valence-electron chi connectivity index (χ3n) is 2.01. The van der Waals surface area contributed by atoms with Crippen molar-refractivity contribution in [3.63, 3.8) is 0 Å². The molecule has 3 N–H and O–H groups in total. The molecule has 1 aromatic rings. The van der Waals surface area contributed by atoms with Gasteiger partial charge in [0.2, 0.25) is 0 Å². The van der Waals surface area contributed by atoms with Crippen LogP contribution in [-0.2, 0) is 20.7 Å². The van der Waals surface area contributed by atoms with Crippen LogP contribution in [0.3, 0.4) is 0 Å². The summed E-state index contributed by atoms with van der Waals surface area (Å²) >= 11 is 1.97. The van der Waals surface area contributed by atoms with Crippen LogP contribution < -0.4 is 5.73 Å². The zero-order valence-corrected chi connectivity index (χ0v) is 11.3. The number of phenolic OH excluding ortho intramolecular Hbond substituents is 1. The van der Waals surface area contributed by atoms with Crippen LogP contribution in [0.5, 0.6) is 5.75 Å². The van der Waals surface area contributed by atoms with Crippen molar-refractivity contribution in [1.82, 2.24) is 0 Å². The number of nitrogens with two attached hydrogens (primary N) is 1. The Morgan fingerprint density at radius 2 is 2.18 bits per heavy atom. The average Bonchev–Trinajstić information content (AvgIpc) is 2.22. The van der Waals surface area contributed by atoms with Crippen molar-refractivity contribution in [3.8, 4) is 5.75 Å². The molecule has 6 heteroatoms. The summed E-state index contributed by atoms with van der Waals surface area (Å²) in [6.07, 6.45) is 0.252. The van der Waals surface area contributed by atoms with Crippen molar-refractivity contribution in [1.29, 1.82) is 0 Å². The first-order valence-corrected chi connectivity index (χ1v) is 5.93. The van der Waals surface area contributed by atoms with E-state index in [9.17, 15) is 14.7 Å². The van der Waals surface area contributed by atoms with Gasteiger partial charge in [0.05, 0.1) is 3.57 Å². The van der Waals surface area contributed by atoms with Gasteiger partial charge >= 0.3 is 11.9 Å². The Bertz CT molecular complexity index is 447. The lowest BCUT2D eigenvalue weighted by Gasteiger charge is -2.10. The fraction of sp³-hybridized carbons (Fsp3) is 0.273. The summed E-state index contributed by atoms with van der Waals surface area (Å²) in [4.78, 5) is 21.9. The van der Waals surface area contributed by atoms with Crippen LogP contribution in [-0.4, -0.2) is 23.1 Å². The Balaban J connectivity index is 2.67. The first-order valence-electron chi connectivity index (χ1n) is 4.85. The second-order valence-electron chi connectivity index (χ2n) is 3.51. The van der Waals surface area contributed by atoms with E-state index in [0.29, 0.717) is 3.57 Å². The Morgan fingerprint density at radius 1 is 1.53 bits per heavy atom. The van der Waals surface area contributed by atoms with Gasteiger partial charge in [-0.1, -0.05) is 6.07 Å². The molecule has 0 bridgehead atoms. The van der Waals surface area contributed by atoms with Gasteiger partial charge in [-0.3, -0.25) is 4.79 Å². The predicted molar refractivity (Wildman–Crippen MR) is 69.3 cm³/mol. The molecule has 0 radical (unpaired) electrons. The van der Waals surface area contributed by atoms with Gasteiger partial charge in [0.25, 0.3) is 0 Å². The summed E-state index contributed by atoms with van der Waals surface area (Å²) in [7, 11) is 0. The van der Waals surface area contributed by atoms with Crippen molar-refractivity contribution >= 4 is 34.5 Å². The second-order valence-corrected chi connectivity index (χ2v) is 4.67. The molecule has 0 heterocycles. The highest BCUT2D eigenvalue weighted by Crippen LogP contribution is 2.20. The number of carbonyl (C=O) groups excluding carboxylic acids is 2. The molecule has 0 saturated heterocycles. The number of rotatable bonds is 3. The zero-order valence-electron chi connectivity index (χ0n) is 9.14. The molecule has 0 aromatic heterocycles. The highest BCUT2D eigenvalue weighted by Gasteiger charge is 2.17. The van der Waals surface area contributed by atoms with Gasteiger partial charge in [0, 0.05) is 6.92 Å². The van der Waals surface area contributed by atoms with Crippen LogP contribution in [0.15, 0.2) is 18.2 Å². The van der Waals surface area contributed by atoms with E-state index in [0.717, 1.165) is 12.5 Å². The first-order chi connectivity index (χ1) is 7.90. The van der Waals surface area contributed by atoms with Crippen LogP contribution in [0.2, 0.25) is 0 Å². The van der Waals surface area contributed by atoms with Gasteiger partial charge in [0.1, 0.15) is 11.8 Å². The minimum absolute atomic E-state index is 0.175. The molecule has 0 amide bonds. The largest absolute Gasteiger partial charge is 0.507 e. The SMILES string of the molecule is CC(=O)OC(=O)[C@@H](N)Cc1ccc(O)c(I)c1. The molecule has 1 rings (SSSR count). The minimum Gasteiger partial charge on any atom is -0.507 e. The Kier molecular flexibility index (Phi) is 4.88. The molecule has 17 heavy (non-hydrogen) atoms. The van der Waals surface area contributed by atoms with Gasteiger partial charge in [-0.05, 0) is 46.7 Å². The summed E-state index contributed by atoms with van der Waals surface area (Å²) in [5.41, 5.74) is 6.39. The smallest absolute Gasteiger partial charge is 0.330 e. The number of esters is 2. The number of hydrogen-bond donors (Lipinski definition) is 2. The molecule has 0 saturated carbocycles. The highest BCUT2D eigenvalue weighted by atomic mass is 127. The second kappa shape index (κ2) is 5.97. The lowest BCUT2D eigenvalue weighted by Crippen LogP contribution is -2.35. The lowest BCUT2D eigenvalue weighted by atomic mass is 10.1. The van der Waals surface area contributed by atoms with Crippen LogP contribution in [0, 0.1) is 3.57 Å². The number of phenols is 1. The first kappa shape index (κ1) is 13.9. The highest BCUT2D eigenvalue weighted by molar-refractivity contribution is 14.1. The topological polar surface area (TPSA) is 89.6 Å². The molecule has 92 valence electrons. The Hall–Kier alpha value is -1.15. The summed E-state index contributed by atoms with van der Waals surface area (Å²) < 4.78 is 5.06. The van der Waals surface area contributed by atoms with E-state index in [1.165, 1.54) is 6.07 Å². The summed E-state index contributed by atoms with van der Waals surface area (Å²) in [6.45, 7) is 1.15. The van der Waals surface area contributed by atoms with Crippen molar-refractivity contribution in [2.45, 2.75) is 19.4 Å². The van der Waals surface area contributed by atoms with Gasteiger partial charge in [-0.2, -0.15) is 0 Å². The standard InChI is InChI=1S/C11H12INO4/c1-6(14)17-11(16)9(13)5-7-2-3-10(15)8(12)4-7/h2-4,9,15H,5,13H2,1H3/t9-/m0/s1. The van der Waals surface area contributed by atoms with E-state index in [1.807, 2.05) is 22.6 Å². The van der Waals surface area contributed by atoms with Gasteiger partial charge in [0.15, 0.2) is 0 Å². The van der Waals surface area contributed by atoms with Crippen LogP contribution in [0.4, 0.5) is 0 Å². The van der Waals surface area contributed by atoms with Gasteiger partial charge < -0.3 is 15.6 Å². The van der Waals surface area contributed by atoms with E-state index in [-0.39, 0.29) is 12.2 Å². The number of carbonyl (C=O) groups is 2. The number of halogens is 1. The van der Waals surface area contributed by atoms with Crippen LogP contribution in [0.1, 0.15) is 12.5 Å². The van der Waals surface area contributed by atoms with Crippen LogP contribution >= 0.6 is 22.6 Å². The molecule has 0 aliphatic carbocycles. The lowest BCUT2D eigenvalue weighted by molar-refractivity contribution is -0.159. The molecule has 0 fully saturated rings. The van der Waals surface area contributed by atoms with E-state index in [2.05, 4.69) is 4.74 Å². The fourth-order valence-electron chi connectivity index (χ4n) is 1.23. The van der Waals surface area contributed by atoms with Crippen molar-refractivity contribution in [3.05, 3.63) is 27.3 Å². The molecule has 0 unspecified atom stereocenters. The Labute approximate surface area is 112 Å². The fourth-order valence-corrected chi connectivity index (χ4v) is 1.81. The van der Waals surface area contributed by atoms with Crippen molar-refractivity contribution in [2.75, 3.05) is 0 Å². The molecule has 1 atom stereocenters. The number of ether oxygens (including phenoxy) is 1. The van der Waals surface area contributed by atoms with E-state index < -0.39 is 18.0 Å². The monoisotopic (exact) mass is 349 g/mol. The van der Waals surface area contributed by atoms with E-state index in [1.54, 1.807) is 12.1 Å². The molecule has 1 aromatic carbocycles. The summed E-state index contributed by atoms with van der Waals surface area (Å²) in [5.74, 6) is -1.25.